The Labute approximate surface area is 335 Å². The number of carbonyl (C=O) groups excluding carboxylic acids is 2. The first-order chi connectivity index (χ1) is 22.8. The Morgan fingerprint density at radius 1 is 1.04 bits per heavy atom. The van der Waals surface area contributed by atoms with Gasteiger partial charge >= 0.3 is 76.3 Å². The number of rotatable bonds is 11. The fourth-order valence-corrected chi connectivity index (χ4v) is 5.43. The average molecular weight is 759 g/mol. The van der Waals surface area contributed by atoms with Crippen molar-refractivity contribution in [2.75, 3.05) is 10.6 Å². The van der Waals surface area contributed by atoms with Gasteiger partial charge in [0.25, 0.3) is 0 Å². The van der Waals surface area contributed by atoms with E-state index >= 15 is 0 Å². The van der Waals surface area contributed by atoms with Crippen molar-refractivity contribution in [3.63, 3.8) is 0 Å². The van der Waals surface area contributed by atoms with E-state index in [2.05, 4.69) is 45.2 Å². The molecule has 0 unspecified atom stereocenters. The summed E-state index contributed by atoms with van der Waals surface area (Å²) in [6.07, 6.45) is 2.63. The molecule has 5 rings (SSSR count). The number of carboxylic acid groups (broad SMARTS) is 1. The molecule has 1 amide bonds. The van der Waals surface area contributed by atoms with Gasteiger partial charge in [-0.2, -0.15) is 9.32 Å². The van der Waals surface area contributed by atoms with Gasteiger partial charge in [-0.1, -0.05) is 0 Å². The van der Waals surface area contributed by atoms with Crippen LogP contribution in [0.4, 0.5) is 28.7 Å². The molecule has 0 saturated carbocycles. The topological polar surface area (TPSA) is 267 Å². The Kier molecular flexibility index (Phi) is 14.6. The van der Waals surface area contributed by atoms with Gasteiger partial charge < -0.3 is 35.5 Å². The number of aromatic hydroxyl groups is 1. The van der Waals surface area contributed by atoms with Crippen LogP contribution in [0.25, 0.3) is 16.7 Å². The zero-order chi connectivity index (χ0) is 34.6. The number of amides is 1. The maximum absolute atomic E-state index is 12.1. The third-order valence-corrected chi connectivity index (χ3v) is 7.80. The molecule has 0 fully saturated rings. The van der Waals surface area contributed by atoms with Crippen molar-refractivity contribution in [3.05, 3.63) is 77.8 Å². The van der Waals surface area contributed by atoms with Gasteiger partial charge in [0.1, 0.15) is 21.5 Å². The Bertz CT molecular complexity index is 2240. The molecule has 0 bridgehead atoms. The van der Waals surface area contributed by atoms with Crippen LogP contribution >= 0.6 is 23.6 Å². The first-order valence-electron chi connectivity index (χ1n) is 13.0. The van der Waals surface area contributed by atoms with Crippen LogP contribution in [0.1, 0.15) is 17.3 Å². The zero-order valence-corrected chi connectivity index (χ0v) is 32.2. The van der Waals surface area contributed by atoms with Crippen LogP contribution in [0.2, 0.25) is 5.28 Å². The van der Waals surface area contributed by atoms with Crippen molar-refractivity contribution >= 4 is 85.1 Å². The monoisotopic (exact) mass is 758 g/mol. The number of nitrogens with one attached hydrogen (secondary N) is 2. The molecule has 0 aliphatic rings. The first-order valence-corrected chi connectivity index (χ1v) is 15.5. The van der Waals surface area contributed by atoms with Crippen molar-refractivity contribution < 1.29 is 111 Å². The van der Waals surface area contributed by atoms with Gasteiger partial charge in [-0.05, 0) is 81.6 Å². The van der Waals surface area contributed by atoms with Crippen LogP contribution in [0, 0.1) is 0 Å². The van der Waals surface area contributed by atoms with E-state index in [0.717, 1.165) is 12.1 Å². The number of phenols is 1. The van der Waals surface area contributed by atoms with Crippen LogP contribution in [0.5, 0.6) is 5.75 Å². The van der Waals surface area contributed by atoms with E-state index in [4.69, 9.17) is 11.6 Å². The molecular weight excluding hydrogens is 742 g/mol. The number of halogens is 1. The maximum atomic E-state index is 12.1. The number of aromatic carboxylic acids is 1. The third kappa shape index (κ3) is 10.1. The number of pyridine rings is 1. The van der Waals surface area contributed by atoms with Crippen LogP contribution in [-0.4, -0.2) is 44.9 Å². The second-order valence-electron chi connectivity index (χ2n) is 9.39. The van der Waals surface area contributed by atoms with E-state index in [0.29, 0.717) is 23.1 Å². The summed E-state index contributed by atoms with van der Waals surface area (Å²) in [6.45, 7) is 1.31. The number of anilines is 3. The molecule has 3 N–H and O–H groups in total. The summed E-state index contributed by atoms with van der Waals surface area (Å²) in [5.74, 6) is -2.52. The molecule has 50 heavy (non-hydrogen) atoms. The minimum atomic E-state index is -5.11. The van der Waals surface area contributed by atoms with Crippen molar-refractivity contribution in [1.82, 2.24) is 15.0 Å². The summed E-state index contributed by atoms with van der Waals surface area (Å²) < 4.78 is 41.9. The fraction of sp³-hybridized carbons (Fsp3) is 0.0370. The third-order valence-electron chi connectivity index (χ3n) is 6.13. The molecule has 3 aromatic carbocycles. The number of phenolic OH excluding ortho intramolecular Hbond substituents is 1. The second-order valence-corrected chi connectivity index (χ2v) is 11.8. The number of fused-ring (bicyclic) bond motifs is 1. The van der Waals surface area contributed by atoms with Crippen LogP contribution in [0.15, 0.2) is 87.0 Å². The van der Waals surface area contributed by atoms with E-state index in [-0.39, 0.29) is 109 Å². The molecule has 2 heterocycles. The van der Waals surface area contributed by atoms with Crippen LogP contribution in [0.3, 0.4) is 0 Å². The standard InChI is InChI=1S/C27H19ClN8O10S2.2Na/c1-13(37)29-16-4-6-18-15(9-16)10-20(47-46-45-41)22(23(18)38)35-34-19-11-17(5-7-21(19)48(42,43)44)30-26-31-25(28)32-27(33-26)36-8-2-3-14(12-36)24(39)40;;/h2-12H,1H3,(H5-,29,30,31,32,33,37,38,39,40,41,42,43,44);;/q;2*+1/p-2. The van der Waals surface area contributed by atoms with Crippen LogP contribution in [-0.2, 0) is 24.3 Å². The minimum absolute atomic E-state index is 0. The Morgan fingerprint density at radius 2 is 1.78 bits per heavy atom. The number of hydrogen-bond donors (Lipinski definition) is 3. The van der Waals surface area contributed by atoms with Gasteiger partial charge in [0.05, 0.1) is 40.2 Å². The van der Waals surface area contributed by atoms with E-state index < -0.39 is 32.4 Å². The number of benzene rings is 3. The normalized spacial score (nSPS) is 11.1. The molecule has 2 aromatic heterocycles. The Hall–Kier alpha value is -3.35. The van der Waals surface area contributed by atoms with Gasteiger partial charge in [-0.15, -0.1) is 10.2 Å². The molecule has 246 valence electrons. The summed E-state index contributed by atoms with van der Waals surface area (Å²) in [6, 6.07) is 11.9. The zero-order valence-electron chi connectivity index (χ0n) is 25.9. The second kappa shape index (κ2) is 17.7. The van der Waals surface area contributed by atoms with Crippen molar-refractivity contribution in [2.24, 2.45) is 10.2 Å². The molecule has 0 saturated heterocycles. The smallest absolute Gasteiger partial charge is 0.744 e. The van der Waals surface area contributed by atoms with E-state index in [9.17, 15) is 38.0 Å². The summed E-state index contributed by atoms with van der Waals surface area (Å²) >= 11 is 6.41. The minimum Gasteiger partial charge on any atom is -0.744 e. The number of azo groups is 1. The van der Waals surface area contributed by atoms with E-state index in [1.165, 1.54) is 66.3 Å². The summed E-state index contributed by atoms with van der Waals surface area (Å²) in [5.41, 5.74) is -0.470. The predicted octanol–water partition coefficient (Wildman–Crippen LogP) is -3.72. The molecule has 0 aliphatic carbocycles. The van der Waals surface area contributed by atoms with Crippen molar-refractivity contribution in [3.8, 4) is 11.7 Å². The van der Waals surface area contributed by atoms with Gasteiger partial charge in [-0.25, -0.2) is 13.0 Å². The summed E-state index contributed by atoms with van der Waals surface area (Å²) in [5, 5.41) is 49.8. The first kappa shape index (κ1) is 41.1. The Morgan fingerprint density at radius 3 is 2.46 bits per heavy atom. The Balaban J connectivity index is 0.00000338. The molecule has 0 atom stereocenters. The van der Waals surface area contributed by atoms with Gasteiger partial charge in [0.2, 0.25) is 5.91 Å². The SMILES string of the molecule is CC(=O)Nc1ccc2c(O)c(N=Nc3cc(Nc4nc(Cl)nc(-[n+]5cccc(C(=O)[O-])c5)n4)ccc3S(=O)(=O)[O-])c(SOO[O-])cc2c1.[Na+].[Na+]. The van der Waals surface area contributed by atoms with E-state index in [1.807, 2.05) is 0 Å². The quantitative estimate of drug-likeness (QED) is 0.0222. The molecule has 0 spiro atoms. The number of carbonyl (C=O) groups is 2. The van der Waals surface area contributed by atoms with E-state index in [1.54, 1.807) is 0 Å². The number of hydrogen-bond acceptors (Lipinski definition) is 17. The molecule has 0 aliphatic heterocycles. The largest absolute Gasteiger partial charge is 1.00 e. The molecular formula is C27H17ClN8Na2O10S2. The molecule has 0 radical (unpaired) electrons. The van der Waals surface area contributed by atoms with Gasteiger partial charge in [-0.3, -0.25) is 9.83 Å². The molecule has 5 aromatic rings. The van der Waals surface area contributed by atoms with Gasteiger partial charge in [0, 0.05) is 29.2 Å². The number of carboxylic acids is 1. The fourth-order valence-electron chi connectivity index (χ4n) is 4.19. The summed E-state index contributed by atoms with van der Waals surface area (Å²) in [7, 11) is -5.11. The number of aromatic nitrogens is 4. The summed E-state index contributed by atoms with van der Waals surface area (Å²) in [4.78, 5) is 34.0. The van der Waals surface area contributed by atoms with Crippen molar-refractivity contribution in [2.45, 2.75) is 16.7 Å². The predicted molar refractivity (Wildman–Crippen MR) is 161 cm³/mol. The number of nitrogens with zero attached hydrogens (tertiary/aromatic N) is 6. The van der Waals surface area contributed by atoms with Crippen molar-refractivity contribution in [1.29, 1.82) is 0 Å². The average Bonchev–Trinajstić information content (AvgIpc) is 3.02. The molecule has 18 nitrogen and oxygen atoms in total. The van der Waals surface area contributed by atoms with Crippen LogP contribution < -0.4 is 84.7 Å². The maximum Gasteiger partial charge on any atom is 1.00 e. The van der Waals surface area contributed by atoms with Gasteiger partial charge in [0.15, 0.2) is 5.75 Å². The molecule has 23 heteroatoms.